The Morgan fingerprint density at radius 1 is 0.759 bits per heavy atom. The first-order valence-corrected chi connectivity index (χ1v) is 10.6. The first kappa shape index (κ1) is 19.3. The molecule has 4 nitrogen and oxygen atoms in total. The minimum Gasteiger partial charge on any atom is -0.345 e. The minimum atomic E-state index is -0.559. The molecular weight excluding hydrogens is 380 g/mol. The van der Waals surface area contributed by atoms with Gasteiger partial charge in [-0.1, -0.05) is 91.0 Å². The monoisotopic (exact) mass is 402 g/mol. The quantitative estimate of drug-likeness (QED) is 0.622. The number of rotatable bonds is 6. The van der Waals surface area contributed by atoms with E-state index in [-0.39, 0.29) is 18.4 Å². The molecule has 0 aromatic heterocycles. The number of amides is 2. The highest BCUT2D eigenvalue weighted by Gasteiger charge is 2.39. The molecule has 5 heteroatoms. The van der Waals surface area contributed by atoms with Crippen LogP contribution >= 0.6 is 11.8 Å². The van der Waals surface area contributed by atoms with Gasteiger partial charge in [-0.05, 0) is 16.7 Å². The van der Waals surface area contributed by atoms with Crippen LogP contribution in [0.15, 0.2) is 91.0 Å². The van der Waals surface area contributed by atoms with Crippen LogP contribution < -0.4 is 10.6 Å². The van der Waals surface area contributed by atoms with E-state index in [1.165, 1.54) is 0 Å². The molecule has 1 fully saturated rings. The van der Waals surface area contributed by atoms with Crippen molar-refractivity contribution in [2.75, 3.05) is 12.3 Å². The lowest BCUT2D eigenvalue weighted by atomic mass is 9.84. The third-order valence-corrected chi connectivity index (χ3v) is 6.72. The average Bonchev–Trinajstić information content (AvgIpc) is 2.79. The maximum Gasteiger partial charge on any atom is 0.243 e. The van der Waals surface area contributed by atoms with Gasteiger partial charge in [-0.25, -0.2) is 0 Å². The van der Waals surface area contributed by atoms with Gasteiger partial charge >= 0.3 is 0 Å². The number of carbonyl (C=O) groups excluding carboxylic acids is 2. The molecule has 2 amide bonds. The summed E-state index contributed by atoms with van der Waals surface area (Å²) in [6, 6.07) is 30.4. The van der Waals surface area contributed by atoms with Crippen molar-refractivity contribution in [2.24, 2.45) is 0 Å². The fourth-order valence-electron chi connectivity index (χ4n) is 3.70. The van der Waals surface area contributed by atoms with Crippen LogP contribution in [0.4, 0.5) is 0 Å². The summed E-state index contributed by atoms with van der Waals surface area (Å²) in [4.78, 5) is 24.1. The second kappa shape index (κ2) is 8.53. The van der Waals surface area contributed by atoms with E-state index in [4.69, 9.17) is 0 Å². The second-order valence-electron chi connectivity index (χ2n) is 6.93. The molecule has 0 radical (unpaired) electrons. The summed E-state index contributed by atoms with van der Waals surface area (Å²) in [5.74, 6) is 0.163. The summed E-state index contributed by atoms with van der Waals surface area (Å²) >= 11 is 1.67. The minimum absolute atomic E-state index is 0.0429. The zero-order valence-electron chi connectivity index (χ0n) is 15.9. The first-order chi connectivity index (χ1) is 14.2. The topological polar surface area (TPSA) is 58.2 Å². The number of nitrogens with one attached hydrogen (secondary N) is 2. The highest BCUT2D eigenvalue weighted by molar-refractivity contribution is 8.00. The van der Waals surface area contributed by atoms with Crippen LogP contribution in [0.1, 0.15) is 16.7 Å². The van der Waals surface area contributed by atoms with E-state index in [9.17, 15) is 9.59 Å². The van der Waals surface area contributed by atoms with Gasteiger partial charge in [-0.3, -0.25) is 9.59 Å². The zero-order chi connectivity index (χ0) is 20.1. The Bertz CT molecular complexity index is 881. The molecule has 3 aromatic rings. The van der Waals surface area contributed by atoms with Crippen molar-refractivity contribution in [3.63, 3.8) is 0 Å². The predicted octanol–water partition coefficient (Wildman–Crippen LogP) is 3.33. The highest BCUT2D eigenvalue weighted by Crippen LogP contribution is 2.48. The van der Waals surface area contributed by atoms with Crippen molar-refractivity contribution < 1.29 is 9.59 Å². The molecule has 1 atom stereocenters. The molecule has 0 bridgehead atoms. The van der Waals surface area contributed by atoms with Gasteiger partial charge in [0.1, 0.15) is 6.04 Å². The van der Waals surface area contributed by atoms with Crippen LogP contribution in [-0.2, 0) is 14.3 Å². The van der Waals surface area contributed by atoms with Gasteiger partial charge < -0.3 is 10.6 Å². The molecule has 146 valence electrons. The van der Waals surface area contributed by atoms with Gasteiger partial charge in [0, 0.05) is 5.75 Å². The maximum atomic E-state index is 12.3. The van der Waals surface area contributed by atoms with Crippen molar-refractivity contribution in [2.45, 2.75) is 10.8 Å². The van der Waals surface area contributed by atoms with E-state index >= 15 is 0 Å². The van der Waals surface area contributed by atoms with E-state index in [0.717, 1.165) is 16.7 Å². The SMILES string of the molecule is O=C1CNC(=O)[C@@H](CSC(c2ccccc2)(c2ccccc2)c2ccccc2)N1. The van der Waals surface area contributed by atoms with Crippen LogP contribution in [0, 0.1) is 0 Å². The maximum absolute atomic E-state index is 12.3. The Hall–Kier alpha value is -3.05. The zero-order valence-corrected chi connectivity index (χ0v) is 16.7. The third kappa shape index (κ3) is 3.91. The Kier molecular flexibility index (Phi) is 5.67. The summed E-state index contributed by atoms with van der Waals surface area (Å²) in [5, 5.41) is 5.49. The van der Waals surface area contributed by atoms with Crippen LogP contribution in [-0.4, -0.2) is 30.2 Å². The molecule has 1 heterocycles. The first-order valence-electron chi connectivity index (χ1n) is 9.58. The number of piperazine rings is 1. The molecule has 4 rings (SSSR count). The van der Waals surface area contributed by atoms with Crippen LogP contribution in [0.3, 0.4) is 0 Å². The molecule has 29 heavy (non-hydrogen) atoms. The lowest BCUT2D eigenvalue weighted by molar-refractivity contribution is -0.133. The van der Waals surface area contributed by atoms with Crippen LogP contribution in [0.5, 0.6) is 0 Å². The molecule has 0 saturated carbocycles. The predicted molar refractivity (Wildman–Crippen MR) is 117 cm³/mol. The molecule has 1 aliphatic rings. The lowest BCUT2D eigenvalue weighted by Crippen LogP contribution is -2.57. The van der Waals surface area contributed by atoms with Gasteiger partial charge in [0.05, 0.1) is 11.3 Å². The van der Waals surface area contributed by atoms with Gasteiger partial charge in [0.2, 0.25) is 11.8 Å². The third-order valence-electron chi connectivity index (χ3n) is 5.08. The number of hydrogen-bond donors (Lipinski definition) is 2. The summed E-state index contributed by atoms with van der Waals surface area (Å²) < 4.78 is -0.508. The van der Waals surface area contributed by atoms with Crippen molar-refractivity contribution in [3.8, 4) is 0 Å². The number of thioether (sulfide) groups is 1. The fraction of sp³-hybridized carbons (Fsp3) is 0.167. The van der Waals surface area contributed by atoms with E-state index in [0.29, 0.717) is 5.75 Å². The van der Waals surface area contributed by atoms with Crippen molar-refractivity contribution in [3.05, 3.63) is 108 Å². The Labute approximate surface area is 174 Å². The second-order valence-corrected chi connectivity index (χ2v) is 8.16. The molecule has 1 saturated heterocycles. The smallest absolute Gasteiger partial charge is 0.243 e. The lowest BCUT2D eigenvalue weighted by Gasteiger charge is -2.37. The van der Waals surface area contributed by atoms with E-state index in [2.05, 4.69) is 47.0 Å². The van der Waals surface area contributed by atoms with E-state index in [1.807, 2.05) is 54.6 Å². The largest absolute Gasteiger partial charge is 0.345 e. The standard InChI is InChI=1S/C24H22N2O2S/c27-22-16-25-23(28)21(26-22)17-29-24(18-10-4-1-5-11-18,19-12-6-2-7-13-19)20-14-8-3-9-15-20/h1-15,21H,16-17H2,(H,25,28)(H,26,27)/t21-/m1/s1. The van der Waals surface area contributed by atoms with Gasteiger partial charge in [0.25, 0.3) is 0 Å². The Balaban J connectivity index is 1.81. The van der Waals surface area contributed by atoms with Crippen molar-refractivity contribution >= 4 is 23.6 Å². The summed E-state index contributed by atoms with van der Waals surface area (Å²) in [5.41, 5.74) is 3.39. The highest BCUT2D eigenvalue weighted by atomic mass is 32.2. The van der Waals surface area contributed by atoms with Gasteiger partial charge in [0.15, 0.2) is 0 Å². The summed E-state index contributed by atoms with van der Waals surface area (Å²) in [7, 11) is 0. The normalized spacial score (nSPS) is 16.8. The van der Waals surface area contributed by atoms with Crippen LogP contribution in [0.2, 0.25) is 0 Å². The molecular formula is C24H22N2O2S. The van der Waals surface area contributed by atoms with Crippen molar-refractivity contribution in [1.29, 1.82) is 0 Å². The number of benzene rings is 3. The molecule has 0 spiro atoms. The number of hydrogen-bond acceptors (Lipinski definition) is 3. The summed E-state index contributed by atoms with van der Waals surface area (Å²) in [6.45, 7) is 0.0429. The molecule has 0 aliphatic carbocycles. The van der Waals surface area contributed by atoms with Crippen LogP contribution in [0.25, 0.3) is 0 Å². The molecule has 1 aliphatic heterocycles. The summed E-state index contributed by atoms with van der Waals surface area (Å²) in [6.07, 6.45) is 0. The van der Waals surface area contributed by atoms with Crippen molar-refractivity contribution in [1.82, 2.24) is 10.6 Å². The molecule has 2 N–H and O–H groups in total. The molecule has 3 aromatic carbocycles. The van der Waals surface area contributed by atoms with E-state index < -0.39 is 10.8 Å². The molecule has 0 unspecified atom stereocenters. The van der Waals surface area contributed by atoms with Gasteiger partial charge in [-0.2, -0.15) is 0 Å². The average molecular weight is 403 g/mol. The Morgan fingerprint density at radius 2 is 1.21 bits per heavy atom. The fourth-order valence-corrected chi connectivity index (χ4v) is 5.26. The van der Waals surface area contributed by atoms with E-state index in [1.54, 1.807) is 11.8 Å². The Morgan fingerprint density at radius 3 is 1.66 bits per heavy atom. The van der Waals surface area contributed by atoms with Gasteiger partial charge in [-0.15, -0.1) is 11.8 Å². The number of carbonyl (C=O) groups is 2.